The van der Waals surface area contributed by atoms with Gasteiger partial charge in [-0.3, -0.25) is 9.52 Å². The van der Waals surface area contributed by atoms with Crippen LogP contribution in [-0.2, 0) is 14.8 Å². The Bertz CT molecular complexity index is 851. The third-order valence-corrected chi connectivity index (χ3v) is 4.71. The Balaban J connectivity index is 2.30. The molecule has 25 heavy (non-hydrogen) atoms. The maximum atomic E-state index is 13.0. The van der Waals surface area contributed by atoms with Crippen LogP contribution in [0.1, 0.15) is 19.8 Å². The number of nitrogens with one attached hydrogen (secondary N) is 2. The van der Waals surface area contributed by atoms with Crippen LogP contribution >= 0.6 is 0 Å². The number of anilines is 2. The van der Waals surface area contributed by atoms with Gasteiger partial charge in [-0.2, -0.15) is 0 Å². The molecule has 0 fully saturated rings. The molecule has 2 aromatic carbocycles. The molecule has 0 unspecified atom stereocenters. The van der Waals surface area contributed by atoms with Gasteiger partial charge in [-0.15, -0.1) is 0 Å². The van der Waals surface area contributed by atoms with Gasteiger partial charge in [-0.05, 0) is 48.9 Å². The first-order chi connectivity index (χ1) is 11.9. The number of sulfonamides is 1. The topological polar surface area (TPSA) is 84.5 Å². The lowest BCUT2D eigenvalue weighted by molar-refractivity contribution is -0.116. The second kappa shape index (κ2) is 7.98. The molecule has 0 heterocycles. The van der Waals surface area contributed by atoms with Crippen molar-refractivity contribution in [2.45, 2.75) is 24.7 Å². The maximum Gasteiger partial charge on any atom is 0.262 e. The van der Waals surface area contributed by atoms with Crippen LogP contribution in [0, 0.1) is 5.82 Å². The standard InChI is InChI=1S/C17H19FN2O4S/c1-3-4-17(21)19-13-7-10-16(24-2)15(11-13)20-25(22,23)14-8-5-12(18)6-9-14/h5-11,20H,3-4H2,1-2H3,(H,19,21). The minimum absolute atomic E-state index is 0.0867. The number of amides is 1. The first kappa shape index (κ1) is 18.7. The minimum Gasteiger partial charge on any atom is -0.495 e. The van der Waals surface area contributed by atoms with Crippen LogP contribution in [0.15, 0.2) is 47.4 Å². The Morgan fingerprint density at radius 3 is 2.44 bits per heavy atom. The lowest BCUT2D eigenvalue weighted by Crippen LogP contribution is -2.15. The van der Waals surface area contributed by atoms with E-state index < -0.39 is 15.8 Å². The number of carbonyl (C=O) groups is 1. The predicted octanol–water partition coefficient (Wildman–Crippen LogP) is 3.37. The molecule has 0 saturated carbocycles. The average Bonchev–Trinajstić information content (AvgIpc) is 2.55. The van der Waals surface area contributed by atoms with E-state index in [1.807, 2.05) is 6.92 Å². The Kier molecular flexibility index (Phi) is 5.97. The lowest BCUT2D eigenvalue weighted by Gasteiger charge is -2.14. The first-order valence-corrected chi connectivity index (χ1v) is 9.10. The van der Waals surface area contributed by atoms with Crippen LogP contribution in [0.4, 0.5) is 15.8 Å². The third kappa shape index (κ3) is 4.93. The molecule has 2 rings (SSSR count). The molecule has 2 N–H and O–H groups in total. The van der Waals surface area contributed by atoms with Crippen molar-refractivity contribution < 1.29 is 22.3 Å². The number of rotatable bonds is 7. The van der Waals surface area contributed by atoms with Gasteiger partial charge in [0.2, 0.25) is 5.91 Å². The fourth-order valence-corrected chi connectivity index (χ4v) is 3.19. The first-order valence-electron chi connectivity index (χ1n) is 7.62. The van der Waals surface area contributed by atoms with Gasteiger partial charge in [0.25, 0.3) is 10.0 Å². The summed E-state index contributed by atoms with van der Waals surface area (Å²) in [6.45, 7) is 1.88. The highest BCUT2D eigenvalue weighted by Crippen LogP contribution is 2.30. The average molecular weight is 366 g/mol. The van der Waals surface area contributed by atoms with Crippen molar-refractivity contribution in [3.05, 3.63) is 48.3 Å². The molecule has 1 amide bonds. The van der Waals surface area contributed by atoms with Crippen molar-refractivity contribution in [1.29, 1.82) is 0 Å². The smallest absolute Gasteiger partial charge is 0.262 e. The molecule has 6 nitrogen and oxygen atoms in total. The predicted molar refractivity (Wildman–Crippen MR) is 93.7 cm³/mol. The van der Waals surface area contributed by atoms with Crippen LogP contribution in [0.25, 0.3) is 0 Å². The second-order valence-corrected chi connectivity index (χ2v) is 6.96. The van der Waals surface area contributed by atoms with Crippen molar-refractivity contribution in [3.8, 4) is 5.75 Å². The maximum absolute atomic E-state index is 13.0. The van der Waals surface area contributed by atoms with Gasteiger partial charge in [-0.25, -0.2) is 12.8 Å². The van der Waals surface area contributed by atoms with E-state index in [-0.39, 0.29) is 16.5 Å². The number of ether oxygens (including phenoxy) is 1. The number of benzene rings is 2. The van der Waals surface area contributed by atoms with Gasteiger partial charge >= 0.3 is 0 Å². The molecule has 0 aromatic heterocycles. The van der Waals surface area contributed by atoms with E-state index in [9.17, 15) is 17.6 Å². The number of methoxy groups -OCH3 is 1. The molecule has 8 heteroatoms. The van der Waals surface area contributed by atoms with Crippen LogP contribution in [0.3, 0.4) is 0 Å². The van der Waals surface area contributed by atoms with Crippen molar-refractivity contribution in [3.63, 3.8) is 0 Å². The van der Waals surface area contributed by atoms with Gasteiger partial charge in [0.1, 0.15) is 11.6 Å². The lowest BCUT2D eigenvalue weighted by atomic mass is 10.2. The molecule has 0 aliphatic rings. The zero-order valence-corrected chi connectivity index (χ0v) is 14.7. The largest absolute Gasteiger partial charge is 0.495 e. The van der Waals surface area contributed by atoms with E-state index in [1.54, 1.807) is 12.1 Å². The van der Waals surface area contributed by atoms with E-state index in [1.165, 1.54) is 13.2 Å². The Labute approximate surface area is 146 Å². The fourth-order valence-electron chi connectivity index (χ4n) is 2.13. The molecule has 0 radical (unpaired) electrons. The van der Waals surface area contributed by atoms with E-state index in [4.69, 9.17) is 4.74 Å². The van der Waals surface area contributed by atoms with Gasteiger partial charge in [0, 0.05) is 12.1 Å². The molecule has 134 valence electrons. The summed E-state index contributed by atoms with van der Waals surface area (Å²) in [5, 5.41) is 2.69. The molecular weight excluding hydrogens is 347 g/mol. The summed E-state index contributed by atoms with van der Waals surface area (Å²) in [5.41, 5.74) is 0.608. The number of hydrogen-bond acceptors (Lipinski definition) is 4. The monoisotopic (exact) mass is 366 g/mol. The van der Waals surface area contributed by atoms with E-state index in [0.29, 0.717) is 24.3 Å². The molecule has 0 saturated heterocycles. The Morgan fingerprint density at radius 1 is 1.16 bits per heavy atom. The molecule has 0 spiro atoms. The van der Waals surface area contributed by atoms with Crippen LogP contribution in [0.2, 0.25) is 0 Å². The van der Waals surface area contributed by atoms with Gasteiger partial charge < -0.3 is 10.1 Å². The summed E-state index contributed by atoms with van der Waals surface area (Å²) in [5.74, 6) is -0.406. The van der Waals surface area contributed by atoms with Gasteiger partial charge in [0.05, 0.1) is 17.7 Å². The summed E-state index contributed by atoms with van der Waals surface area (Å²) in [6.07, 6.45) is 1.06. The molecule has 0 aliphatic heterocycles. The Hall–Kier alpha value is -2.61. The highest BCUT2D eigenvalue weighted by Gasteiger charge is 2.17. The molecule has 0 aliphatic carbocycles. The van der Waals surface area contributed by atoms with Crippen molar-refractivity contribution in [2.24, 2.45) is 0 Å². The number of carbonyl (C=O) groups excluding carboxylic acids is 1. The van der Waals surface area contributed by atoms with Gasteiger partial charge in [0.15, 0.2) is 0 Å². The zero-order chi connectivity index (χ0) is 18.4. The highest BCUT2D eigenvalue weighted by atomic mass is 32.2. The van der Waals surface area contributed by atoms with E-state index in [2.05, 4.69) is 10.0 Å². The minimum atomic E-state index is -3.93. The highest BCUT2D eigenvalue weighted by molar-refractivity contribution is 7.92. The van der Waals surface area contributed by atoms with Crippen molar-refractivity contribution in [1.82, 2.24) is 0 Å². The Morgan fingerprint density at radius 2 is 1.84 bits per heavy atom. The molecular formula is C17H19FN2O4S. The SMILES string of the molecule is CCCC(=O)Nc1ccc(OC)c(NS(=O)(=O)c2ccc(F)cc2)c1. The van der Waals surface area contributed by atoms with E-state index in [0.717, 1.165) is 24.3 Å². The van der Waals surface area contributed by atoms with Crippen molar-refractivity contribution >= 4 is 27.3 Å². The summed E-state index contributed by atoms with van der Waals surface area (Å²) in [4.78, 5) is 11.6. The number of halogens is 1. The number of hydrogen-bond donors (Lipinski definition) is 2. The zero-order valence-electron chi connectivity index (χ0n) is 13.9. The molecule has 0 atom stereocenters. The summed E-state index contributed by atoms with van der Waals surface area (Å²) in [6, 6.07) is 9.08. The summed E-state index contributed by atoms with van der Waals surface area (Å²) >= 11 is 0. The normalized spacial score (nSPS) is 11.0. The third-order valence-electron chi connectivity index (χ3n) is 3.33. The quantitative estimate of drug-likeness (QED) is 0.787. The van der Waals surface area contributed by atoms with Gasteiger partial charge in [-0.1, -0.05) is 6.92 Å². The summed E-state index contributed by atoms with van der Waals surface area (Å²) < 4.78 is 45.4. The second-order valence-electron chi connectivity index (χ2n) is 5.27. The summed E-state index contributed by atoms with van der Waals surface area (Å²) in [7, 11) is -2.52. The van der Waals surface area contributed by atoms with Crippen LogP contribution in [-0.4, -0.2) is 21.4 Å². The van der Waals surface area contributed by atoms with Crippen molar-refractivity contribution in [2.75, 3.05) is 17.1 Å². The van der Waals surface area contributed by atoms with Crippen LogP contribution < -0.4 is 14.8 Å². The molecule has 0 bridgehead atoms. The fraction of sp³-hybridized carbons (Fsp3) is 0.235. The molecule has 2 aromatic rings. The van der Waals surface area contributed by atoms with E-state index >= 15 is 0 Å². The van der Waals surface area contributed by atoms with Crippen LogP contribution in [0.5, 0.6) is 5.75 Å².